The lowest BCUT2D eigenvalue weighted by atomic mass is 10.3. The van der Waals surface area contributed by atoms with E-state index < -0.39 is 0 Å². The fourth-order valence-corrected chi connectivity index (χ4v) is 3.15. The standard InChI is InChI=1S/C12H11N3OS2/c1-17-12-15-10-3-2-8(4-11(10)18-12)14-6-9-5-13-7-16-9/h2-5,7,14H,6H2,1H3. The Bertz CT molecular complexity index is 648. The highest BCUT2D eigenvalue weighted by Crippen LogP contribution is 2.30. The van der Waals surface area contributed by atoms with Crippen LogP contribution in [-0.4, -0.2) is 16.2 Å². The van der Waals surface area contributed by atoms with Crippen LogP contribution >= 0.6 is 23.1 Å². The minimum absolute atomic E-state index is 0.639. The summed E-state index contributed by atoms with van der Waals surface area (Å²) in [6.07, 6.45) is 5.19. The molecule has 0 unspecified atom stereocenters. The second kappa shape index (κ2) is 4.99. The molecule has 2 aromatic heterocycles. The zero-order chi connectivity index (χ0) is 12.4. The molecule has 0 saturated heterocycles. The van der Waals surface area contributed by atoms with Crippen LogP contribution in [0.3, 0.4) is 0 Å². The molecular formula is C12H11N3OS2. The maximum Gasteiger partial charge on any atom is 0.180 e. The lowest BCUT2D eigenvalue weighted by molar-refractivity contribution is 0.512. The first-order valence-electron chi connectivity index (χ1n) is 5.41. The van der Waals surface area contributed by atoms with E-state index in [-0.39, 0.29) is 0 Å². The molecule has 2 heterocycles. The van der Waals surface area contributed by atoms with Gasteiger partial charge in [-0.3, -0.25) is 0 Å². The summed E-state index contributed by atoms with van der Waals surface area (Å²) in [5.41, 5.74) is 2.12. The molecule has 0 saturated carbocycles. The van der Waals surface area contributed by atoms with Gasteiger partial charge in [0.05, 0.1) is 23.0 Å². The van der Waals surface area contributed by atoms with Crippen molar-refractivity contribution in [2.75, 3.05) is 11.6 Å². The van der Waals surface area contributed by atoms with E-state index in [0.717, 1.165) is 21.3 Å². The van der Waals surface area contributed by atoms with E-state index in [1.807, 2.05) is 18.4 Å². The third kappa shape index (κ3) is 2.34. The molecule has 3 aromatic rings. The average molecular weight is 277 g/mol. The Balaban J connectivity index is 1.80. The molecule has 1 aromatic carbocycles. The van der Waals surface area contributed by atoms with Crippen LogP contribution in [0, 0.1) is 0 Å². The highest BCUT2D eigenvalue weighted by Gasteiger charge is 2.04. The number of nitrogens with one attached hydrogen (secondary N) is 1. The molecule has 3 rings (SSSR count). The zero-order valence-corrected chi connectivity index (χ0v) is 11.3. The molecule has 1 N–H and O–H groups in total. The van der Waals surface area contributed by atoms with Crippen LogP contribution in [0.25, 0.3) is 10.2 Å². The lowest BCUT2D eigenvalue weighted by Crippen LogP contribution is -1.97. The molecule has 0 amide bonds. The molecule has 18 heavy (non-hydrogen) atoms. The SMILES string of the molecule is CSc1nc2ccc(NCc3cnco3)cc2s1. The van der Waals surface area contributed by atoms with Gasteiger partial charge in [-0.2, -0.15) is 0 Å². The van der Waals surface area contributed by atoms with Crippen LogP contribution in [0.4, 0.5) is 5.69 Å². The molecule has 6 heteroatoms. The third-order valence-electron chi connectivity index (χ3n) is 2.49. The largest absolute Gasteiger partial charge is 0.447 e. The van der Waals surface area contributed by atoms with Crippen molar-refractivity contribution in [3.63, 3.8) is 0 Å². The van der Waals surface area contributed by atoms with Crippen LogP contribution in [0.15, 0.2) is 39.5 Å². The van der Waals surface area contributed by atoms with Gasteiger partial charge in [0, 0.05) is 5.69 Å². The normalized spacial score (nSPS) is 10.9. The number of rotatable bonds is 4. The zero-order valence-electron chi connectivity index (χ0n) is 9.71. The predicted octanol–water partition coefficient (Wildman–Crippen LogP) is 3.62. The van der Waals surface area contributed by atoms with Crippen molar-refractivity contribution >= 4 is 39.0 Å². The van der Waals surface area contributed by atoms with Gasteiger partial charge in [0.15, 0.2) is 10.7 Å². The number of thiazole rings is 1. The fourth-order valence-electron chi connectivity index (χ4n) is 1.62. The Hall–Kier alpha value is -1.53. The summed E-state index contributed by atoms with van der Waals surface area (Å²) in [7, 11) is 0. The summed E-state index contributed by atoms with van der Waals surface area (Å²) in [4.78, 5) is 8.39. The molecule has 0 aliphatic carbocycles. The molecule has 92 valence electrons. The van der Waals surface area contributed by atoms with Gasteiger partial charge in [-0.1, -0.05) is 11.8 Å². The molecule has 0 atom stereocenters. The summed E-state index contributed by atoms with van der Waals surface area (Å²) in [5, 5.41) is 3.30. The van der Waals surface area contributed by atoms with Crippen LogP contribution in [0.1, 0.15) is 5.76 Å². The van der Waals surface area contributed by atoms with Crippen molar-refractivity contribution in [2.45, 2.75) is 10.9 Å². The lowest BCUT2D eigenvalue weighted by Gasteiger charge is -2.03. The summed E-state index contributed by atoms with van der Waals surface area (Å²) < 4.78 is 7.47. The Labute approximate surface area is 112 Å². The Kier molecular flexibility index (Phi) is 3.21. The van der Waals surface area contributed by atoms with Gasteiger partial charge in [0.2, 0.25) is 0 Å². The second-order valence-electron chi connectivity index (χ2n) is 3.69. The van der Waals surface area contributed by atoms with E-state index in [9.17, 15) is 0 Å². The van der Waals surface area contributed by atoms with Gasteiger partial charge in [0.25, 0.3) is 0 Å². The molecular weight excluding hydrogens is 266 g/mol. The summed E-state index contributed by atoms with van der Waals surface area (Å²) in [6.45, 7) is 0.639. The van der Waals surface area contributed by atoms with Gasteiger partial charge < -0.3 is 9.73 Å². The van der Waals surface area contributed by atoms with Gasteiger partial charge in [-0.15, -0.1) is 11.3 Å². The number of aromatic nitrogens is 2. The first kappa shape index (κ1) is 11.6. The van der Waals surface area contributed by atoms with Crippen molar-refractivity contribution in [1.29, 1.82) is 0 Å². The van der Waals surface area contributed by atoms with Crippen molar-refractivity contribution in [2.24, 2.45) is 0 Å². The Morgan fingerprint density at radius 3 is 3.17 bits per heavy atom. The Morgan fingerprint density at radius 1 is 1.44 bits per heavy atom. The van der Waals surface area contributed by atoms with E-state index in [0.29, 0.717) is 6.54 Å². The number of hydrogen-bond acceptors (Lipinski definition) is 6. The van der Waals surface area contributed by atoms with Crippen molar-refractivity contribution < 1.29 is 4.42 Å². The average Bonchev–Trinajstić information content (AvgIpc) is 3.04. The maximum atomic E-state index is 5.18. The molecule has 0 aliphatic rings. The summed E-state index contributed by atoms with van der Waals surface area (Å²) >= 11 is 3.39. The molecule has 4 nitrogen and oxygen atoms in total. The third-order valence-corrected chi connectivity index (χ3v) is 4.50. The van der Waals surface area contributed by atoms with Crippen LogP contribution in [-0.2, 0) is 6.54 Å². The molecule has 0 radical (unpaired) electrons. The van der Waals surface area contributed by atoms with Crippen molar-refractivity contribution in [3.05, 3.63) is 36.5 Å². The monoisotopic (exact) mass is 277 g/mol. The van der Waals surface area contributed by atoms with E-state index in [4.69, 9.17) is 4.42 Å². The number of oxazole rings is 1. The molecule has 0 fully saturated rings. The first-order valence-corrected chi connectivity index (χ1v) is 7.45. The van der Waals surface area contributed by atoms with Gasteiger partial charge in [-0.25, -0.2) is 9.97 Å². The molecule has 0 aliphatic heterocycles. The molecule has 0 bridgehead atoms. The van der Waals surface area contributed by atoms with E-state index >= 15 is 0 Å². The minimum Gasteiger partial charge on any atom is -0.447 e. The van der Waals surface area contributed by atoms with Crippen molar-refractivity contribution in [1.82, 2.24) is 9.97 Å². The van der Waals surface area contributed by atoms with Crippen LogP contribution in [0.5, 0.6) is 0 Å². The van der Waals surface area contributed by atoms with Gasteiger partial charge in [0.1, 0.15) is 5.76 Å². The number of nitrogens with zero attached hydrogens (tertiary/aromatic N) is 2. The number of benzene rings is 1. The Morgan fingerprint density at radius 2 is 2.39 bits per heavy atom. The number of fused-ring (bicyclic) bond motifs is 1. The maximum absolute atomic E-state index is 5.18. The second-order valence-corrected chi connectivity index (χ2v) is 5.77. The first-order chi connectivity index (χ1) is 8.85. The highest BCUT2D eigenvalue weighted by atomic mass is 32.2. The van der Waals surface area contributed by atoms with E-state index in [2.05, 4.69) is 21.4 Å². The summed E-state index contributed by atoms with van der Waals surface area (Å²) in [6, 6.07) is 6.18. The molecule has 0 spiro atoms. The van der Waals surface area contributed by atoms with Gasteiger partial charge >= 0.3 is 0 Å². The minimum atomic E-state index is 0.639. The quantitative estimate of drug-likeness (QED) is 0.738. The van der Waals surface area contributed by atoms with Crippen LogP contribution < -0.4 is 5.32 Å². The number of thioether (sulfide) groups is 1. The number of hydrogen-bond donors (Lipinski definition) is 1. The highest BCUT2D eigenvalue weighted by molar-refractivity contribution is 8.00. The van der Waals surface area contributed by atoms with Gasteiger partial charge in [-0.05, 0) is 24.5 Å². The van der Waals surface area contributed by atoms with E-state index in [1.54, 1.807) is 29.3 Å². The summed E-state index contributed by atoms with van der Waals surface area (Å²) in [5.74, 6) is 0.823. The van der Waals surface area contributed by atoms with Crippen molar-refractivity contribution in [3.8, 4) is 0 Å². The smallest absolute Gasteiger partial charge is 0.180 e. The predicted molar refractivity (Wildman–Crippen MR) is 75.2 cm³/mol. The van der Waals surface area contributed by atoms with E-state index in [1.165, 1.54) is 11.1 Å². The fraction of sp³-hybridized carbons (Fsp3) is 0.167. The topological polar surface area (TPSA) is 51.0 Å². The number of anilines is 1. The van der Waals surface area contributed by atoms with Crippen LogP contribution in [0.2, 0.25) is 0 Å².